The van der Waals surface area contributed by atoms with Gasteiger partial charge in [0.25, 0.3) is 11.8 Å². The third kappa shape index (κ3) is 5.78. The number of hydrogen-bond acceptors (Lipinski definition) is 6. The van der Waals surface area contributed by atoms with Gasteiger partial charge in [0.1, 0.15) is 4.32 Å². The molecule has 0 aliphatic carbocycles. The van der Waals surface area contributed by atoms with Crippen LogP contribution in [0.2, 0.25) is 0 Å². The normalized spacial score (nSPS) is 15.2. The van der Waals surface area contributed by atoms with Crippen LogP contribution in [0.4, 0.5) is 5.69 Å². The molecule has 2 amide bonds. The van der Waals surface area contributed by atoms with E-state index in [1.165, 1.54) is 18.9 Å². The first-order valence-electron chi connectivity index (χ1n) is 11.4. The van der Waals surface area contributed by atoms with Gasteiger partial charge >= 0.3 is 0 Å². The number of para-hydroxylation sites is 1. The highest BCUT2D eigenvalue weighted by Crippen LogP contribution is 2.39. The molecule has 0 saturated carbocycles. The van der Waals surface area contributed by atoms with Gasteiger partial charge in [-0.05, 0) is 54.8 Å². The van der Waals surface area contributed by atoms with Gasteiger partial charge in [0.15, 0.2) is 18.1 Å². The Hall–Kier alpha value is -3.62. The van der Waals surface area contributed by atoms with Crippen LogP contribution in [-0.4, -0.2) is 34.8 Å². The molecule has 1 aliphatic heterocycles. The standard InChI is InChI=1S/C28H26N2O4S2/c1-18-9-7-8-12-22(18)29-26(31)17-34-23-14-13-20(15-24(23)33-3)16-25-27(32)30(28(35)36-25)19(2)21-10-5-4-6-11-21/h4-16,19H,17H2,1-3H3,(H,29,31)/b25-16-/t19-/m1/s1. The van der Waals surface area contributed by atoms with Crippen LogP contribution in [-0.2, 0) is 9.59 Å². The summed E-state index contributed by atoms with van der Waals surface area (Å²) in [6.45, 7) is 3.72. The van der Waals surface area contributed by atoms with Crippen LogP contribution in [0, 0.1) is 6.92 Å². The predicted octanol–water partition coefficient (Wildman–Crippen LogP) is 5.98. The van der Waals surface area contributed by atoms with E-state index in [9.17, 15) is 9.59 Å². The second-order valence-corrected chi connectivity index (χ2v) is 9.88. The van der Waals surface area contributed by atoms with Crippen molar-refractivity contribution in [3.05, 3.63) is 94.4 Å². The van der Waals surface area contributed by atoms with Crippen LogP contribution in [0.25, 0.3) is 6.08 Å². The largest absolute Gasteiger partial charge is 0.493 e. The third-order valence-corrected chi connectivity index (χ3v) is 7.09. The molecule has 0 bridgehead atoms. The number of carbonyl (C=O) groups excluding carboxylic acids is 2. The van der Waals surface area contributed by atoms with Gasteiger partial charge in [-0.1, -0.05) is 78.6 Å². The maximum absolute atomic E-state index is 13.2. The number of aryl methyl sites for hydroxylation is 1. The van der Waals surface area contributed by atoms with E-state index < -0.39 is 0 Å². The molecule has 1 atom stereocenters. The lowest BCUT2D eigenvalue weighted by molar-refractivity contribution is -0.123. The molecule has 1 aliphatic rings. The third-order valence-electron chi connectivity index (χ3n) is 5.76. The Morgan fingerprint density at radius 2 is 1.81 bits per heavy atom. The average Bonchev–Trinajstić information content (AvgIpc) is 3.16. The van der Waals surface area contributed by atoms with Crippen molar-refractivity contribution in [1.82, 2.24) is 4.90 Å². The second kappa shape index (κ2) is 11.4. The van der Waals surface area contributed by atoms with E-state index in [2.05, 4.69) is 5.32 Å². The summed E-state index contributed by atoms with van der Waals surface area (Å²) in [5.41, 5.74) is 3.49. The Balaban J connectivity index is 1.45. The van der Waals surface area contributed by atoms with E-state index in [1.54, 1.807) is 23.1 Å². The zero-order valence-electron chi connectivity index (χ0n) is 20.2. The van der Waals surface area contributed by atoms with E-state index in [0.717, 1.165) is 22.4 Å². The average molecular weight is 519 g/mol. The zero-order chi connectivity index (χ0) is 25.7. The quantitative estimate of drug-likeness (QED) is 0.292. The highest BCUT2D eigenvalue weighted by molar-refractivity contribution is 8.26. The molecular formula is C28H26N2O4S2. The number of benzene rings is 3. The minimum Gasteiger partial charge on any atom is -0.493 e. The number of amides is 2. The molecule has 4 rings (SSSR count). The van der Waals surface area contributed by atoms with Gasteiger partial charge in [0.05, 0.1) is 18.1 Å². The summed E-state index contributed by atoms with van der Waals surface area (Å²) in [6.07, 6.45) is 1.79. The molecule has 8 heteroatoms. The number of rotatable bonds is 8. The van der Waals surface area contributed by atoms with Gasteiger partial charge in [-0.25, -0.2) is 0 Å². The molecule has 1 saturated heterocycles. The van der Waals surface area contributed by atoms with Crippen molar-refractivity contribution < 1.29 is 19.1 Å². The number of carbonyl (C=O) groups is 2. The van der Waals surface area contributed by atoms with Crippen LogP contribution >= 0.6 is 24.0 Å². The monoisotopic (exact) mass is 518 g/mol. The fourth-order valence-electron chi connectivity index (χ4n) is 3.78. The fraction of sp³-hybridized carbons (Fsp3) is 0.179. The SMILES string of the molecule is COc1cc(/C=C2\SC(=S)N([C@H](C)c3ccccc3)C2=O)ccc1OCC(=O)Nc1ccccc1C. The van der Waals surface area contributed by atoms with Crippen molar-refractivity contribution >= 4 is 51.9 Å². The highest BCUT2D eigenvalue weighted by atomic mass is 32.2. The van der Waals surface area contributed by atoms with Crippen LogP contribution in [0.1, 0.15) is 29.7 Å². The lowest BCUT2D eigenvalue weighted by atomic mass is 10.1. The summed E-state index contributed by atoms with van der Waals surface area (Å²) in [4.78, 5) is 27.7. The summed E-state index contributed by atoms with van der Waals surface area (Å²) in [6, 6.07) is 22.5. The van der Waals surface area contributed by atoms with Gasteiger partial charge in [-0.15, -0.1) is 0 Å². The highest BCUT2D eigenvalue weighted by Gasteiger charge is 2.35. The minimum atomic E-state index is -0.272. The molecule has 1 heterocycles. The summed E-state index contributed by atoms with van der Waals surface area (Å²) >= 11 is 6.79. The number of anilines is 1. The Labute approximate surface area is 220 Å². The predicted molar refractivity (Wildman–Crippen MR) is 148 cm³/mol. The Morgan fingerprint density at radius 3 is 2.53 bits per heavy atom. The number of ether oxygens (including phenoxy) is 2. The molecule has 0 radical (unpaired) electrons. The Morgan fingerprint density at radius 1 is 1.08 bits per heavy atom. The maximum Gasteiger partial charge on any atom is 0.266 e. The number of nitrogens with one attached hydrogen (secondary N) is 1. The molecule has 3 aromatic carbocycles. The molecule has 1 N–H and O–H groups in total. The second-order valence-electron chi connectivity index (χ2n) is 8.20. The van der Waals surface area contributed by atoms with Gasteiger partial charge in [-0.2, -0.15) is 0 Å². The first-order valence-corrected chi connectivity index (χ1v) is 12.6. The van der Waals surface area contributed by atoms with Crippen molar-refractivity contribution in [3.63, 3.8) is 0 Å². The van der Waals surface area contributed by atoms with Gasteiger partial charge < -0.3 is 14.8 Å². The fourth-order valence-corrected chi connectivity index (χ4v) is 5.20. The first-order chi connectivity index (χ1) is 17.4. The molecule has 1 fully saturated rings. The van der Waals surface area contributed by atoms with E-state index in [-0.39, 0.29) is 24.5 Å². The minimum absolute atomic E-state index is 0.131. The lowest BCUT2D eigenvalue weighted by Gasteiger charge is -2.23. The van der Waals surface area contributed by atoms with Crippen molar-refractivity contribution in [1.29, 1.82) is 0 Å². The van der Waals surface area contributed by atoms with Crippen LogP contribution < -0.4 is 14.8 Å². The van der Waals surface area contributed by atoms with Crippen LogP contribution in [0.5, 0.6) is 11.5 Å². The van der Waals surface area contributed by atoms with Crippen LogP contribution in [0.15, 0.2) is 77.7 Å². The van der Waals surface area contributed by atoms with Gasteiger partial charge in [-0.3, -0.25) is 14.5 Å². The summed E-state index contributed by atoms with van der Waals surface area (Å²) < 4.78 is 11.7. The molecule has 0 aromatic heterocycles. The number of thiocarbonyl (C=S) groups is 1. The molecule has 3 aromatic rings. The number of thioether (sulfide) groups is 1. The number of nitrogens with zero attached hydrogens (tertiary/aromatic N) is 1. The molecule has 36 heavy (non-hydrogen) atoms. The van der Waals surface area contributed by atoms with E-state index >= 15 is 0 Å². The molecule has 6 nitrogen and oxygen atoms in total. The summed E-state index contributed by atoms with van der Waals surface area (Å²) in [5, 5.41) is 2.84. The van der Waals surface area contributed by atoms with Crippen LogP contribution in [0.3, 0.4) is 0 Å². The van der Waals surface area contributed by atoms with Gasteiger partial charge in [0, 0.05) is 5.69 Å². The molecule has 184 valence electrons. The smallest absolute Gasteiger partial charge is 0.266 e. The molecular weight excluding hydrogens is 492 g/mol. The zero-order valence-corrected chi connectivity index (χ0v) is 21.8. The van der Waals surface area contributed by atoms with Crippen molar-refractivity contribution in [2.24, 2.45) is 0 Å². The van der Waals surface area contributed by atoms with Crippen molar-refractivity contribution in [2.75, 3.05) is 19.0 Å². The van der Waals surface area contributed by atoms with E-state index in [1.807, 2.05) is 74.5 Å². The first kappa shape index (κ1) is 25.5. The number of hydrogen-bond donors (Lipinski definition) is 1. The summed E-state index contributed by atoms with van der Waals surface area (Å²) in [7, 11) is 1.53. The van der Waals surface area contributed by atoms with E-state index in [4.69, 9.17) is 21.7 Å². The Bertz CT molecular complexity index is 1320. The Kier molecular flexibility index (Phi) is 8.07. The molecule has 0 unspecified atom stereocenters. The van der Waals surface area contributed by atoms with E-state index in [0.29, 0.717) is 20.7 Å². The maximum atomic E-state index is 13.2. The topological polar surface area (TPSA) is 67.9 Å². The van der Waals surface area contributed by atoms with Crippen molar-refractivity contribution in [2.45, 2.75) is 19.9 Å². The lowest BCUT2D eigenvalue weighted by Crippen LogP contribution is -2.30. The summed E-state index contributed by atoms with van der Waals surface area (Å²) in [5.74, 6) is 0.487. The number of methoxy groups -OCH3 is 1. The van der Waals surface area contributed by atoms with Crippen molar-refractivity contribution in [3.8, 4) is 11.5 Å². The van der Waals surface area contributed by atoms with Gasteiger partial charge in [0.2, 0.25) is 0 Å². The molecule has 0 spiro atoms.